The molecule has 2 heterocycles. The van der Waals surface area contributed by atoms with Crippen LogP contribution in [0.5, 0.6) is 0 Å². The van der Waals surface area contributed by atoms with E-state index in [1.165, 1.54) is 24.1 Å². The summed E-state index contributed by atoms with van der Waals surface area (Å²) in [6, 6.07) is 4.27. The van der Waals surface area contributed by atoms with Gasteiger partial charge in [-0.25, -0.2) is 0 Å². The molecule has 1 aromatic rings. The Morgan fingerprint density at radius 1 is 1.50 bits per heavy atom. The van der Waals surface area contributed by atoms with Crippen LogP contribution in [0.4, 0.5) is 0 Å². The number of hydrogen-bond donors (Lipinski definition) is 1. The van der Waals surface area contributed by atoms with Crippen LogP contribution >= 0.6 is 0 Å². The Balaban J connectivity index is 2.01. The predicted molar refractivity (Wildman–Crippen MR) is 64.5 cm³/mol. The molecule has 1 N–H and O–H groups in total. The largest absolute Gasteiger partial charge is 0.395 e. The van der Waals surface area contributed by atoms with Crippen LogP contribution in [0.3, 0.4) is 0 Å². The Hall–Kier alpha value is -0.930. The van der Waals surface area contributed by atoms with Gasteiger partial charge in [0.15, 0.2) is 0 Å². The maximum absolute atomic E-state index is 8.95. The molecule has 1 aliphatic rings. The highest BCUT2D eigenvalue weighted by Gasteiger charge is 2.21. The Morgan fingerprint density at radius 3 is 3.06 bits per heavy atom. The Bertz CT molecular complexity index is 321. The molecular weight excluding hydrogens is 200 g/mol. The van der Waals surface area contributed by atoms with Crippen LogP contribution in [0.2, 0.25) is 0 Å². The van der Waals surface area contributed by atoms with E-state index in [9.17, 15) is 0 Å². The molecule has 88 valence electrons. The van der Waals surface area contributed by atoms with E-state index in [4.69, 9.17) is 5.11 Å². The van der Waals surface area contributed by atoms with Gasteiger partial charge in [-0.05, 0) is 37.9 Å². The van der Waals surface area contributed by atoms with Crippen molar-refractivity contribution in [3.63, 3.8) is 0 Å². The molecule has 0 aromatic carbocycles. The van der Waals surface area contributed by atoms with E-state index in [1.54, 1.807) is 0 Å². The standard InChI is InChI=1S/C13H20N2O/c1-11-4-5-13(14-9-11)12-3-2-6-15(10-12)7-8-16/h4-5,9,12,16H,2-3,6-8,10H2,1H3/t12-/m0/s1. The molecule has 0 radical (unpaired) electrons. The van der Waals surface area contributed by atoms with Crippen molar-refractivity contribution in [2.75, 3.05) is 26.2 Å². The number of piperidine rings is 1. The number of hydrogen-bond acceptors (Lipinski definition) is 3. The Labute approximate surface area is 97.1 Å². The third-order valence-electron chi connectivity index (χ3n) is 3.27. The number of aliphatic hydroxyl groups is 1. The van der Waals surface area contributed by atoms with E-state index in [2.05, 4.69) is 28.9 Å². The fourth-order valence-electron chi connectivity index (χ4n) is 2.36. The Kier molecular flexibility index (Phi) is 3.91. The molecule has 3 nitrogen and oxygen atoms in total. The van der Waals surface area contributed by atoms with E-state index < -0.39 is 0 Å². The number of likely N-dealkylation sites (tertiary alicyclic amines) is 1. The lowest BCUT2D eigenvalue weighted by atomic mass is 9.94. The molecule has 0 saturated carbocycles. The maximum Gasteiger partial charge on any atom is 0.0558 e. The number of rotatable bonds is 3. The summed E-state index contributed by atoms with van der Waals surface area (Å²) in [5.74, 6) is 0.542. The third kappa shape index (κ3) is 2.80. The summed E-state index contributed by atoms with van der Waals surface area (Å²) in [6.07, 6.45) is 4.37. The van der Waals surface area contributed by atoms with Crippen molar-refractivity contribution in [3.8, 4) is 0 Å². The number of β-amino-alcohol motifs (C(OH)–C–C–N with tert-alkyl or cyclic N) is 1. The van der Waals surface area contributed by atoms with Crippen molar-refractivity contribution >= 4 is 0 Å². The van der Waals surface area contributed by atoms with Crippen LogP contribution < -0.4 is 0 Å². The van der Waals surface area contributed by atoms with Crippen LogP contribution in [0, 0.1) is 6.92 Å². The fourth-order valence-corrected chi connectivity index (χ4v) is 2.36. The van der Waals surface area contributed by atoms with Crippen molar-refractivity contribution < 1.29 is 5.11 Å². The first-order valence-electron chi connectivity index (χ1n) is 6.05. The van der Waals surface area contributed by atoms with E-state index in [1.807, 2.05) is 6.20 Å². The smallest absolute Gasteiger partial charge is 0.0558 e. The molecule has 3 heteroatoms. The summed E-state index contributed by atoms with van der Waals surface area (Å²) in [5, 5.41) is 8.95. The quantitative estimate of drug-likeness (QED) is 0.840. The zero-order chi connectivity index (χ0) is 11.4. The topological polar surface area (TPSA) is 36.4 Å². The van der Waals surface area contributed by atoms with Crippen LogP contribution in [0.25, 0.3) is 0 Å². The van der Waals surface area contributed by atoms with Gasteiger partial charge in [-0.3, -0.25) is 4.98 Å². The van der Waals surface area contributed by atoms with Crippen LogP contribution in [-0.4, -0.2) is 41.2 Å². The summed E-state index contributed by atoms with van der Waals surface area (Å²) in [6.45, 7) is 5.27. The predicted octanol–water partition coefficient (Wildman–Crippen LogP) is 1.56. The van der Waals surface area contributed by atoms with Crippen molar-refractivity contribution in [2.24, 2.45) is 0 Å². The normalized spacial score (nSPS) is 22.2. The average molecular weight is 220 g/mol. The van der Waals surface area contributed by atoms with Crippen molar-refractivity contribution in [2.45, 2.75) is 25.7 Å². The molecule has 16 heavy (non-hydrogen) atoms. The lowest BCUT2D eigenvalue weighted by Crippen LogP contribution is -2.36. The van der Waals surface area contributed by atoms with Gasteiger partial charge >= 0.3 is 0 Å². The number of aryl methyl sites for hydroxylation is 1. The van der Waals surface area contributed by atoms with Gasteiger partial charge in [0.1, 0.15) is 0 Å². The van der Waals surface area contributed by atoms with Crippen molar-refractivity contribution in [1.82, 2.24) is 9.88 Å². The zero-order valence-electron chi connectivity index (χ0n) is 9.89. The third-order valence-corrected chi connectivity index (χ3v) is 3.27. The first kappa shape index (κ1) is 11.6. The first-order chi connectivity index (χ1) is 7.79. The second-order valence-electron chi connectivity index (χ2n) is 4.62. The van der Waals surface area contributed by atoms with E-state index in [0.717, 1.165) is 19.6 Å². The zero-order valence-corrected chi connectivity index (χ0v) is 9.89. The molecule has 0 amide bonds. The monoisotopic (exact) mass is 220 g/mol. The second kappa shape index (κ2) is 5.41. The SMILES string of the molecule is Cc1ccc([C@H]2CCCN(CCO)C2)nc1. The molecule has 0 unspecified atom stereocenters. The van der Waals surface area contributed by atoms with Crippen LogP contribution in [0.15, 0.2) is 18.3 Å². The molecule has 1 aliphatic heterocycles. The van der Waals surface area contributed by atoms with E-state index in [0.29, 0.717) is 5.92 Å². The summed E-state index contributed by atoms with van der Waals surface area (Å²) < 4.78 is 0. The molecule has 0 aliphatic carbocycles. The highest BCUT2D eigenvalue weighted by atomic mass is 16.3. The van der Waals surface area contributed by atoms with Gasteiger partial charge in [-0.2, -0.15) is 0 Å². The summed E-state index contributed by atoms with van der Waals surface area (Å²) >= 11 is 0. The molecule has 0 bridgehead atoms. The summed E-state index contributed by atoms with van der Waals surface area (Å²) in [5.41, 5.74) is 2.42. The van der Waals surface area contributed by atoms with Gasteiger partial charge in [0.25, 0.3) is 0 Å². The van der Waals surface area contributed by atoms with E-state index in [-0.39, 0.29) is 6.61 Å². The lowest BCUT2D eigenvalue weighted by Gasteiger charge is -2.31. The average Bonchev–Trinajstić information content (AvgIpc) is 2.31. The molecule has 1 fully saturated rings. The molecule has 1 aromatic heterocycles. The molecule has 0 spiro atoms. The summed E-state index contributed by atoms with van der Waals surface area (Å²) in [7, 11) is 0. The molecular formula is C13H20N2O. The van der Waals surface area contributed by atoms with Gasteiger partial charge in [0.2, 0.25) is 0 Å². The first-order valence-corrected chi connectivity index (χ1v) is 6.05. The number of pyridine rings is 1. The van der Waals surface area contributed by atoms with E-state index >= 15 is 0 Å². The molecule has 2 rings (SSSR count). The second-order valence-corrected chi connectivity index (χ2v) is 4.62. The minimum absolute atomic E-state index is 0.258. The molecule has 1 atom stereocenters. The van der Waals surface area contributed by atoms with Crippen molar-refractivity contribution in [3.05, 3.63) is 29.6 Å². The highest BCUT2D eigenvalue weighted by Crippen LogP contribution is 2.25. The number of nitrogens with zero attached hydrogens (tertiary/aromatic N) is 2. The number of aromatic nitrogens is 1. The Morgan fingerprint density at radius 2 is 2.38 bits per heavy atom. The maximum atomic E-state index is 8.95. The van der Waals surface area contributed by atoms with Crippen LogP contribution in [-0.2, 0) is 0 Å². The summed E-state index contributed by atoms with van der Waals surface area (Å²) in [4.78, 5) is 6.84. The van der Waals surface area contributed by atoms with Gasteiger partial charge in [0, 0.05) is 30.9 Å². The van der Waals surface area contributed by atoms with Crippen LogP contribution in [0.1, 0.15) is 30.0 Å². The highest BCUT2D eigenvalue weighted by molar-refractivity contribution is 5.16. The number of aliphatic hydroxyl groups excluding tert-OH is 1. The minimum Gasteiger partial charge on any atom is -0.395 e. The van der Waals surface area contributed by atoms with Gasteiger partial charge in [-0.1, -0.05) is 6.07 Å². The van der Waals surface area contributed by atoms with Gasteiger partial charge in [0.05, 0.1) is 6.61 Å². The minimum atomic E-state index is 0.258. The van der Waals surface area contributed by atoms with Gasteiger partial charge in [-0.15, -0.1) is 0 Å². The van der Waals surface area contributed by atoms with Gasteiger partial charge < -0.3 is 10.0 Å². The van der Waals surface area contributed by atoms with Crippen molar-refractivity contribution in [1.29, 1.82) is 0 Å². The fraction of sp³-hybridized carbons (Fsp3) is 0.615. The lowest BCUT2D eigenvalue weighted by molar-refractivity contribution is 0.160. The molecule has 1 saturated heterocycles.